The lowest BCUT2D eigenvalue weighted by Gasteiger charge is -2.05. The molecule has 3 aromatic heterocycles. The van der Waals surface area contributed by atoms with E-state index in [2.05, 4.69) is 19.8 Å². The molecule has 3 aromatic rings. The van der Waals surface area contributed by atoms with Crippen molar-refractivity contribution >= 4 is 33.7 Å². The lowest BCUT2D eigenvalue weighted by molar-refractivity contribution is 0.721. The van der Waals surface area contributed by atoms with Crippen LogP contribution >= 0.6 is 22.9 Å². The second-order valence-electron chi connectivity index (χ2n) is 4.37. The van der Waals surface area contributed by atoms with Gasteiger partial charge in [0.05, 0.1) is 17.8 Å². The molecule has 0 fully saturated rings. The van der Waals surface area contributed by atoms with Gasteiger partial charge in [0.1, 0.15) is 15.8 Å². The van der Waals surface area contributed by atoms with Crippen LogP contribution in [0, 0.1) is 6.92 Å². The van der Waals surface area contributed by atoms with E-state index in [0.29, 0.717) is 12.4 Å². The van der Waals surface area contributed by atoms with Crippen LogP contribution < -0.4 is 11.1 Å². The molecule has 8 heteroatoms. The molecule has 0 atom stereocenters. The quantitative estimate of drug-likeness (QED) is 0.774. The normalized spacial score (nSPS) is 10.9. The summed E-state index contributed by atoms with van der Waals surface area (Å²) in [4.78, 5) is 4.48. The molecule has 3 N–H and O–H groups in total. The summed E-state index contributed by atoms with van der Waals surface area (Å²) < 4.78 is 6.06. The summed E-state index contributed by atoms with van der Waals surface area (Å²) in [5.74, 6) is 0.525. The Morgan fingerprint density at radius 2 is 2.30 bits per heavy atom. The summed E-state index contributed by atoms with van der Waals surface area (Å²) in [6, 6.07) is 1.98. The van der Waals surface area contributed by atoms with Gasteiger partial charge in [-0.3, -0.25) is 4.68 Å². The number of anilines is 2. The Labute approximate surface area is 124 Å². The number of aryl methyl sites for hydroxylation is 2. The maximum absolute atomic E-state index is 5.97. The summed E-state index contributed by atoms with van der Waals surface area (Å²) in [5, 5.41) is 11.4. The zero-order valence-corrected chi connectivity index (χ0v) is 12.8. The van der Waals surface area contributed by atoms with E-state index in [9.17, 15) is 0 Å². The second kappa shape index (κ2) is 5.22. The van der Waals surface area contributed by atoms with Gasteiger partial charge in [-0.15, -0.1) is 11.3 Å². The predicted octanol–water partition coefficient (Wildman–Crippen LogP) is 2.50. The van der Waals surface area contributed by atoms with Crippen LogP contribution in [0.5, 0.6) is 0 Å². The number of aromatic nitrogens is 4. The lowest BCUT2D eigenvalue weighted by Crippen LogP contribution is -2.05. The van der Waals surface area contributed by atoms with Gasteiger partial charge in [0, 0.05) is 24.3 Å². The van der Waals surface area contributed by atoms with Crippen molar-refractivity contribution in [2.24, 2.45) is 7.05 Å². The summed E-state index contributed by atoms with van der Waals surface area (Å²) in [6.07, 6.45) is 1.78. The zero-order valence-electron chi connectivity index (χ0n) is 11.1. The van der Waals surface area contributed by atoms with Gasteiger partial charge in [-0.25, -0.2) is 4.98 Å². The smallest absolute Gasteiger partial charge is 0.149 e. The van der Waals surface area contributed by atoms with Crippen LogP contribution in [0.2, 0.25) is 0 Å². The van der Waals surface area contributed by atoms with Crippen molar-refractivity contribution in [1.29, 1.82) is 0 Å². The lowest BCUT2D eigenvalue weighted by atomic mass is 10.3. The molecule has 0 spiro atoms. The Hall–Kier alpha value is -1.93. The van der Waals surface area contributed by atoms with Crippen LogP contribution in [0.15, 0.2) is 17.6 Å². The zero-order chi connectivity index (χ0) is 14.1. The minimum Gasteiger partial charge on any atom is -0.382 e. The van der Waals surface area contributed by atoms with Crippen LogP contribution in [0.4, 0.5) is 10.8 Å². The standard InChI is InChI=1S/C12H14N6S2/c1-7-6-19-12(16-7)9-10(13)17-20-11(9)14-5-8-3-4-15-18(8)2/h3-4,6,14H,5H2,1-2H3,(H2,13,17). The highest BCUT2D eigenvalue weighted by Gasteiger charge is 2.16. The van der Waals surface area contributed by atoms with Gasteiger partial charge in [-0.05, 0) is 24.5 Å². The molecule has 0 aliphatic rings. The van der Waals surface area contributed by atoms with E-state index >= 15 is 0 Å². The average molecular weight is 306 g/mol. The molecule has 3 rings (SSSR count). The van der Waals surface area contributed by atoms with E-state index in [0.717, 1.165) is 27.0 Å². The number of nitrogens with one attached hydrogen (secondary N) is 1. The van der Waals surface area contributed by atoms with Crippen molar-refractivity contribution in [2.45, 2.75) is 13.5 Å². The van der Waals surface area contributed by atoms with Crippen LogP contribution in [0.25, 0.3) is 10.6 Å². The fraction of sp³-hybridized carbons (Fsp3) is 0.250. The van der Waals surface area contributed by atoms with E-state index < -0.39 is 0 Å². The topological polar surface area (TPSA) is 81.6 Å². The number of rotatable bonds is 4. The summed E-state index contributed by atoms with van der Waals surface area (Å²) in [7, 11) is 1.92. The second-order valence-corrected chi connectivity index (χ2v) is 6.00. The molecule has 0 saturated carbocycles. The van der Waals surface area contributed by atoms with Crippen LogP contribution in [0.3, 0.4) is 0 Å². The van der Waals surface area contributed by atoms with Gasteiger partial charge in [0.2, 0.25) is 0 Å². The molecule has 20 heavy (non-hydrogen) atoms. The highest BCUT2D eigenvalue weighted by atomic mass is 32.1. The van der Waals surface area contributed by atoms with Gasteiger partial charge in [0.15, 0.2) is 0 Å². The average Bonchev–Trinajstić information content (AvgIpc) is 3.09. The Morgan fingerprint density at radius 1 is 1.45 bits per heavy atom. The first-order valence-electron chi connectivity index (χ1n) is 6.03. The van der Waals surface area contributed by atoms with E-state index in [1.54, 1.807) is 17.5 Å². The molecule has 0 unspecified atom stereocenters. The summed E-state index contributed by atoms with van der Waals surface area (Å²) >= 11 is 2.94. The van der Waals surface area contributed by atoms with Crippen LogP contribution in [0.1, 0.15) is 11.4 Å². The summed E-state index contributed by atoms with van der Waals surface area (Å²) in [6.45, 7) is 2.65. The molecule has 0 aliphatic carbocycles. The molecule has 0 amide bonds. The third kappa shape index (κ3) is 2.39. The van der Waals surface area contributed by atoms with Gasteiger partial charge < -0.3 is 11.1 Å². The van der Waals surface area contributed by atoms with Crippen molar-refractivity contribution in [1.82, 2.24) is 19.1 Å². The van der Waals surface area contributed by atoms with Crippen molar-refractivity contribution in [3.63, 3.8) is 0 Å². The highest BCUT2D eigenvalue weighted by molar-refractivity contribution is 7.15. The molecule has 0 saturated heterocycles. The third-order valence-electron chi connectivity index (χ3n) is 2.90. The van der Waals surface area contributed by atoms with Gasteiger partial charge >= 0.3 is 0 Å². The number of nitrogen functional groups attached to an aromatic ring is 1. The van der Waals surface area contributed by atoms with Gasteiger partial charge in [-0.2, -0.15) is 9.47 Å². The number of hydrogen-bond donors (Lipinski definition) is 2. The largest absolute Gasteiger partial charge is 0.382 e. The first-order valence-corrected chi connectivity index (χ1v) is 7.69. The minimum absolute atomic E-state index is 0.525. The summed E-state index contributed by atoms with van der Waals surface area (Å²) in [5.41, 5.74) is 8.96. The Balaban J connectivity index is 1.86. The Bertz CT molecular complexity index is 726. The molecule has 3 heterocycles. The van der Waals surface area contributed by atoms with Gasteiger partial charge in [-0.1, -0.05) is 0 Å². The molecule has 0 aliphatic heterocycles. The van der Waals surface area contributed by atoms with Crippen molar-refractivity contribution in [3.05, 3.63) is 29.0 Å². The SMILES string of the molecule is Cc1csc(-c2c(N)nsc2NCc2ccnn2C)n1. The molecule has 0 radical (unpaired) electrons. The maximum Gasteiger partial charge on any atom is 0.149 e. The van der Waals surface area contributed by atoms with E-state index in [1.165, 1.54) is 11.5 Å². The number of thiazole rings is 1. The minimum atomic E-state index is 0.525. The molecule has 6 nitrogen and oxygen atoms in total. The first-order chi connectivity index (χ1) is 9.65. The fourth-order valence-electron chi connectivity index (χ4n) is 1.84. The van der Waals surface area contributed by atoms with Gasteiger partial charge in [0.25, 0.3) is 0 Å². The first kappa shape index (κ1) is 13.1. The van der Waals surface area contributed by atoms with Crippen molar-refractivity contribution in [2.75, 3.05) is 11.1 Å². The maximum atomic E-state index is 5.97. The van der Waals surface area contributed by atoms with Crippen molar-refractivity contribution in [3.8, 4) is 10.6 Å². The molecular weight excluding hydrogens is 292 g/mol. The Kier molecular flexibility index (Phi) is 3.41. The predicted molar refractivity (Wildman–Crippen MR) is 82.9 cm³/mol. The number of nitrogens with two attached hydrogens (primary N) is 1. The third-order valence-corrected chi connectivity index (χ3v) is 4.70. The molecular formula is C12H14N6S2. The fourth-order valence-corrected chi connectivity index (χ4v) is 3.47. The Morgan fingerprint density at radius 3 is 2.95 bits per heavy atom. The molecule has 0 bridgehead atoms. The molecule has 104 valence electrons. The van der Waals surface area contributed by atoms with E-state index in [1.807, 2.05) is 30.1 Å². The number of hydrogen-bond acceptors (Lipinski definition) is 7. The molecule has 0 aromatic carbocycles. The highest BCUT2D eigenvalue weighted by Crippen LogP contribution is 2.38. The van der Waals surface area contributed by atoms with E-state index in [4.69, 9.17) is 5.73 Å². The van der Waals surface area contributed by atoms with Crippen LogP contribution in [-0.2, 0) is 13.6 Å². The van der Waals surface area contributed by atoms with Crippen LogP contribution in [-0.4, -0.2) is 19.1 Å². The monoisotopic (exact) mass is 306 g/mol. The van der Waals surface area contributed by atoms with E-state index in [-0.39, 0.29) is 0 Å². The number of nitrogens with zero attached hydrogens (tertiary/aromatic N) is 4. The van der Waals surface area contributed by atoms with Crippen molar-refractivity contribution < 1.29 is 0 Å².